The van der Waals surface area contributed by atoms with Crippen LogP contribution in [-0.4, -0.2) is 68.3 Å². The van der Waals surface area contributed by atoms with E-state index in [0.29, 0.717) is 5.92 Å². The molecule has 9 heteroatoms. The lowest BCUT2D eigenvalue weighted by Crippen LogP contribution is -2.44. The molecule has 6 heterocycles. The Morgan fingerprint density at radius 2 is 1.73 bits per heavy atom. The van der Waals surface area contributed by atoms with Crippen molar-refractivity contribution in [3.8, 4) is 22.6 Å². The van der Waals surface area contributed by atoms with E-state index in [1.165, 1.54) is 43.2 Å². The number of pyridine rings is 3. The van der Waals surface area contributed by atoms with Crippen LogP contribution in [0.5, 0.6) is 0 Å². The molecule has 0 amide bonds. The van der Waals surface area contributed by atoms with E-state index in [0.717, 1.165) is 76.6 Å². The van der Waals surface area contributed by atoms with Gasteiger partial charge >= 0.3 is 0 Å². The number of nitrogens with one attached hydrogen (secondary N) is 3. The van der Waals surface area contributed by atoms with Gasteiger partial charge in [-0.2, -0.15) is 5.10 Å². The van der Waals surface area contributed by atoms with Gasteiger partial charge in [0.05, 0.1) is 58.6 Å². The fourth-order valence-electron chi connectivity index (χ4n) is 6.13. The maximum Gasteiger partial charge on any atom is 0.116 e. The highest BCUT2D eigenvalue weighted by molar-refractivity contribution is 6.00. The van der Waals surface area contributed by atoms with Crippen molar-refractivity contribution in [1.29, 1.82) is 0 Å². The molecule has 1 aliphatic heterocycles. The lowest BCUT2D eigenvalue weighted by Gasteiger charge is -2.34. The summed E-state index contributed by atoms with van der Waals surface area (Å²) in [6, 6.07) is 6.39. The zero-order valence-corrected chi connectivity index (χ0v) is 23.0. The highest BCUT2D eigenvalue weighted by Crippen LogP contribution is 2.35. The molecule has 9 nitrogen and oxygen atoms in total. The average molecular weight is 534 g/mol. The second-order valence-corrected chi connectivity index (χ2v) is 11.2. The fourth-order valence-corrected chi connectivity index (χ4v) is 6.13. The van der Waals surface area contributed by atoms with E-state index in [1.54, 1.807) is 0 Å². The minimum Gasteiger partial charge on any atom is -0.367 e. The molecule has 204 valence electrons. The highest BCUT2D eigenvalue weighted by Gasteiger charge is 2.20. The average Bonchev–Trinajstić information content (AvgIpc) is 3.62. The minimum atomic E-state index is 0.531. The molecular weight excluding hydrogens is 498 g/mol. The van der Waals surface area contributed by atoms with Crippen molar-refractivity contribution in [2.75, 3.05) is 43.4 Å². The van der Waals surface area contributed by atoms with E-state index in [1.807, 2.05) is 31.0 Å². The SMILES string of the molecule is C=C(Nc1cncc(-c2cc3c(-c4cc5c(N6CCN(C)CC6)cncc5[nH]4)n[nH]c3cn2)c1)C1CCCCC1. The van der Waals surface area contributed by atoms with E-state index in [2.05, 4.69) is 72.1 Å². The van der Waals surface area contributed by atoms with Crippen molar-refractivity contribution in [2.24, 2.45) is 5.92 Å². The molecule has 40 heavy (non-hydrogen) atoms. The van der Waals surface area contributed by atoms with Gasteiger partial charge in [0, 0.05) is 54.4 Å². The van der Waals surface area contributed by atoms with E-state index >= 15 is 0 Å². The molecule has 0 aromatic carbocycles. The predicted octanol–water partition coefficient (Wildman–Crippen LogP) is 5.82. The van der Waals surface area contributed by atoms with Gasteiger partial charge in [-0.1, -0.05) is 25.8 Å². The third kappa shape index (κ3) is 4.70. The van der Waals surface area contributed by atoms with Gasteiger partial charge in [-0.25, -0.2) is 0 Å². The quantitative estimate of drug-likeness (QED) is 0.253. The molecule has 0 atom stereocenters. The topological polar surface area (TPSA) is 102 Å². The van der Waals surface area contributed by atoms with Gasteiger partial charge in [-0.15, -0.1) is 0 Å². The number of allylic oxidation sites excluding steroid dienone is 1. The van der Waals surface area contributed by atoms with Crippen LogP contribution < -0.4 is 10.2 Å². The van der Waals surface area contributed by atoms with Crippen molar-refractivity contribution < 1.29 is 0 Å². The van der Waals surface area contributed by atoms with E-state index in [4.69, 9.17) is 4.98 Å². The van der Waals surface area contributed by atoms with Crippen LogP contribution in [0, 0.1) is 5.92 Å². The smallest absolute Gasteiger partial charge is 0.116 e. The lowest BCUT2D eigenvalue weighted by molar-refractivity contribution is 0.313. The van der Waals surface area contributed by atoms with Crippen LogP contribution >= 0.6 is 0 Å². The number of H-pyrrole nitrogens is 2. The van der Waals surface area contributed by atoms with Crippen molar-refractivity contribution in [1.82, 2.24) is 35.0 Å². The van der Waals surface area contributed by atoms with Gasteiger partial charge < -0.3 is 20.1 Å². The first-order chi connectivity index (χ1) is 19.6. The van der Waals surface area contributed by atoms with E-state index < -0.39 is 0 Å². The molecule has 1 saturated heterocycles. The monoisotopic (exact) mass is 533 g/mol. The molecule has 0 bridgehead atoms. The first-order valence-corrected chi connectivity index (χ1v) is 14.3. The number of aromatic nitrogens is 6. The largest absolute Gasteiger partial charge is 0.367 e. The first-order valence-electron chi connectivity index (χ1n) is 14.3. The Hall–Kier alpha value is -4.24. The van der Waals surface area contributed by atoms with Crippen molar-refractivity contribution in [2.45, 2.75) is 32.1 Å². The summed E-state index contributed by atoms with van der Waals surface area (Å²) in [6.07, 6.45) is 15.8. The van der Waals surface area contributed by atoms with Crippen molar-refractivity contribution in [3.63, 3.8) is 0 Å². The lowest BCUT2D eigenvalue weighted by atomic mass is 9.87. The Labute approximate surface area is 233 Å². The summed E-state index contributed by atoms with van der Waals surface area (Å²) in [5.74, 6) is 0.531. The van der Waals surface area contributed by atoms with Gasteiger partial charge in [0.15, 0.2) is 0 Å². The van der Waals surface area contributed by atoms with Gasteiger partial charge in [0.1, 0.15) is 5.69 Å². The Morgan fingerprint density at radius 3 is 2.58 bits per heavy atom. The van der Waals surface area contributed by atoms with Crippen LogP contribution in [0.3, 0.4) is 0 Å². The number of hydrogen-bond donors (Lipinski definition) is 3. The molecule has 2 fully saturated rings. The number of anilines is 2. The zero-order chi connectivity index (χ0) is 27.1. The van der Waals surface area contributed by atoms with Gasteiger partial charge in [-0.05, 0) is 44.0 Å². The zero-order valence-electron chi connectivity index (χ0n) is 23.0. The summed E-state index contributed by atoms with van der Waals surface area (Å²) in [5.41, 5.74) is 8.73. The number of rotatable bonds is 6. The maximum absolute atomic E-state index is 4.73. The molecule has 5 aromatic heterocycles. The van der Waals surface area contributed by atoms with E-state index in [-0.39, 0.29) is 0 Å². The standard InChI is InChI=1S/C31H35N9/c1-20(21-6-4-3-5-7-21)35-23-12-22(15-32-16-23)26-14-25-29(18-34-26)37-38-31(25)27-13-24-28(36-27)17-33-19-30(24)40-10-8-39(2)9-11-40/h12-19,21,35-36H,1,3-11H2,2H3,(H,37,38). The molecule has 7 rings (SSSR count). The summed E-state index contributed by atoms with van der Waals surface area (Å²) < 4.78 is 0. The number of hydrogen-bond acceptors (Lipinski definition) is 7. The summed E-state index contributed by atoms with van der Waals surface area (Å²) in [4.78, 5) is 22.1. The van der Waals surface area contributed by atoms with Crippen LogP contribution in [0.2, 0.25) is 0 Å². The van der Waals surface area contributed by atoms with Crippen LogP contribution in [0.4, 0.5) is 11.4 Å². The Balaban J connectivity index is 1.19. The summed E-state index contributed by atoms with van der Waals surface area (Å²) in [7, 11) is 2.17. The Kier molecular flexibility index (Phi) is 6.43. The fraction of sp³-hybridized carbons (Fsp3) is 0.355. The normalized spacial score (nSPS) is 17.1. The molecule has 1 saturated carbocycles. The van der Waals surface area contributed by atoms with Gasteiger partial charge in [0.25, 0.3) is 0 Å². The molecule has 5 aromatic rings. The van der Waals surface area contributed by atoms with Crippen molar-refractivity contribution in [3.05, 3.63) is 61.5 Å². The summed E-state index contributed by atoms with van der Waals surface area (Å²) in [5, 5.41) is 13.5. The Morgan fingerprint density at radius 1 is 0.900 bits per heavy atom. The number of aromatic amines is 2. The highest BCUT2D eigenvalue weighted by atomic mass is 15.3. The number of nitrogens with zero attached hydrogens (tertiary/aromatic N) is 6. The number of likely N-dealkylation sites (N-methyl/N-ethyl adjacent to an activating group) is 1. The first kappa shape index (κ1) is 24.8. The molecule has 3 N–H and O–H groups in total. The number of fused-ring (bicyclic) bond motifs is 2. The molecule has 0 unspecified atom stereocenters. The summed E-state index contributed by atoms with van der Waals surface area (Å²) >= 11 is 0. The maximum atomic E-state index is 4.73. The second kappa shape index (κ2) is 10.4. The van der Waals surface area contributed by atoms with Crippen LogP contribution in [0.25, 0.3) is 44.5 Å². The van der Waals surface area contributed by atoms with Crippen LogP contribution in [-0.2, 0) is 0 Å². The Bertz CT molecular complexity index is 1670. The molecular formula is C31H35N9. The molecule has 1 aliphatic carbocycles. The van der Waals surface area contributed by atoms with Gasteiger partial charge in [0.2, 0.25) is 0 Å². The third-order valence-electron chi connectivity index (χ3n) is 8.51. The van der Waals surface area contributed by atoms with Crippen LogP contribution in [0.1, 0.15) is 32.1 Å². The summed E-state index contributed by atoms with van der Waals surface area (Å²) in [6.45, 7) is 8.42. The van der Waals surface area contributed by atoms with E-state index in [9.17, 15) is 0 Å². The number of piperazine rings is 1. The molecule has 0 radical (unpaired) electrons. The van der Waals surface area contributed by atoms with Gasteiger partial charge in [-0.3, -0.25) is 20.1 Å². The minimum absolute atomic E-state index is 0.531. The predicted molar refractivity (Wildman–Crippen MR) is 161 cm³/mol. The molecule has 2 aliphatic rings. The van der Waals surface area contributed by atoms with Crippen molar-refractivity contribution >= 4 is 33.2 Å². The molecule has 0 spiro atoms. The second-order valence-electron chi connectivity index (χ2n) is 11.2. The van der Waals surface area contributed by atoms with Crippen LogP contribution in [0.15, 0.2) is 61.5 Å². The third-order valence-corrected chi connectivity index (χ3v) is 8.51.